The molecular formula is C24H34N4O7S. The van der Waals surface area contributed by atoms with Gasteiger partial charge in [-0.25, -0.2) is 13.1 Å². The van der Waals surface area contributed by atoms with Crippen molar-refractivity contribution in [3.63, 3.8) is 0 Å². The molecular weight excluding hydrogens is 488 g/mol. The third-order valence-corrected chi connectivity index (χ3v) is 9.13. The van der Waals surface area contributed by atoms with Crippen molar-refractivity contribution in [1.82, 2.24) is 4.72 Å². The summed E-state index contributed by atoms with van der Waals surface area (Å²) in [6.45, 7) is 4.12. The predicted molar refractivity (Wildman–Crippen MR) is 133 cm³/mol. The molecule has 3 unspecified atom stereocenters. The van der Waals surface area contributed by atoms with Gasteiger partial charge >= 0.3 is 5.97 Å². The van der Waals surface area contributed by atoms with Crippen molar-refractivity contribution >= 4 is 33.6 Å². The number of Topliss-reactive ketones (excluding diaryl/α,β-unsaturated/α-hetero) is 1. The van der Waals surface area contributed by atoms with E-state index in [4.69, 9.17) is 16.2 Å². The number of aliphatic carboxylic acids is 1. The van der Waals surface area contributed by atoms with Crippen LogP contribution in [0.25, 0.3) is 0 Å². The minimum atomic E-state index is -4.04. The highest BCUT2D eigenvalue weighted by Crippen LogP contribution is 2.64. The summed E-state index contributed by atoms with van der Waals surface area (Å²) in [5.74, 6) is -1.80. The lowest BCUT2D eigenvalue weighted by Crippen LogP contribution is -2.49. The number of amides is 1. The molecule has 0 radical (unpaired) electrons. The van der Waals surface area contributed by atoms with E-state index in [-0.39, 0.29) is 37.1 Å². The lowest BCUT2D eigenvalue weighted by atomic mass is 9.70. The Balaban J connectivity index is 1.57. The van der Waals surface area contributed by atoms with Crippen LogP contribution >= 0.6 is 0 Å². The maximum Gasteiger partial charge on any atom is 0.322 e. The van der Waals surface area contributed by atoms with Gasteiger partial charge in [0.05, 0.1) is 12.4 Å². The van der Waals surface area contributed by atoms with E-state index < -0.39 is 44.5 Å². The first-order valence-corrected chi connectivity index (χ1v) is 13.5. The Morgan fingerprint density at radius 3 is 2.44 bits per heavy atom. The Morgan fingerprint density at radius 2 is 1.92 bits per heavy atom. The van der Waals surface area contributed by atoms with Crippen LogP contribution in [0, 0.1) is 16.7 Å². The zero-order valence-electron chi connectivity index (χ0n) is 20.5. The number of benzene rings is 1. The average molecular weight is 523 g/mol. The molecule has 1 amide bonds. The Bertz CT molecular complexity index is 1140. The van der Waals surface area contributed by atoms with Crippen molar-refractivity contribution in [2.45, 2.75) is 58.4 Å². The van der Waals surface area contributed by atoms with Crippen molar-refractivity contribution in [3.8, 4) is 5.75 Å². The molecule has 198 valence electrons. The number of ether oxygens (including phenoxy) is 1. The van der Waals surface area contributed by atoms with E-state index in [1.807, 2.05) is 13.8 Å². The quantitative estimate of drug-likeness (QED) is 0.176. The van der Waals surface area contributed by atoms with Gasteiger partial charge in [-0.05, 0) is 54.7 Å². The zero-order valence-corrected chi connectivity index (χ0v) is 21.3. The summed E-state index contributed by atoms with van der Waals surface area (Å²) in [6, 6.07) is 5.19. The third-order valence-electron chi connectivity index (χ3n) is 7.62. The van der Waals surface area contributed by atoms with Crippen LogP contribution < -0.4 is 20.9 Å². The fourth-order valence-corrected chi connectivity index (χ4v) is 7.47. The van der Waals surface area contributed by atoms with Crippen LogP contribution in [0.1, 0.15) is 51.5 Å². The number of aliphatic imine (C=N–C) groups is 1. The molecule has 0 heterocycles. The number of hydrogen-bond donors (Lipinski definition) is 4. The summed E-state index contributed by atoms with van der Waals surface area (Å²) in [7, 11) is -4.04. The summed E-state index contributed by atoms with van der Waals surface area (Å²) in [4.78, 5) is 39.4. The fourth-order valence-electron chi connectivity index (χ4n) is 5.44. The smallest absolute Gasteiger partial charge is 0.322 e. The first-order valence-electron chi connectivity index (χ1n) is 11.9. The number of carboxylic acids is 1. The highest BCUT2D eigenvalue weighted by Gasteiger charge is 2.65. The van der Waals surface area contributed by atoms with Crippen molar-refractivity contribution in [3.05, 3.63) is 29.8 Å². The molecule has 0 spiro atoms. The van der Waals surface area contributed by atoms with Crippen molar-refractivity contribution in [2.24, 2.45) is 33.2 Å². The van der Waals surface area contributed by atoms with Crippen LogP contribution in [0.3, 0.4) is 0 Å². The van der Waals surface area contributed by atoms with Gasteiger partial charge in [0.15, 0.2) is 5.96 Å². The Labute approximate surface area is 210 Å². The molecule has 6 N–H and O–H groups in total. The molecule has 2 aliphatic carbocycles. The molecule has 2 fully saturated rings. The van der Waals surface area contributed by atoms with Gasteiger partial charge < -0.3 is 21.3 Å². The number of nitrogens with zero attached hydrogens (tertiary/aromatic N) is 1. The summed E-state index contributed by atoms with van der Waals surface area (Å²) >= 11 is 0. The lowest BCUT2D eigenvalue weighted by Gasteiger charge is -2.36. The van der Waals surface area contributed by atoms with Gasteiger partial charge in [-0.1, -0.05) is 26.0 Å². The molecule has 36 heavy (non-hydrogen) atoms. The van der Waals surface area contributed by atoms with E-state index in [1.54, 1.807) is 24.3 Å². The van der Waals surface area contributed by atoms with Gasteiger partial charge in [-0.15, -0.1) is 0 Å². The van der Waals surface area contributed by atoms with E-state index in [0.717, 1.165) is 6.42 Å². The normalized spacial score (nSPS) is 23.3. The number of rotatable bonds is 12. The zero-order chi connectivity index (χ0) is 26.7. The standard InChI is InChI=1S/C24H34N4O7S/c1-23(2)16-9-10-24(23,19(29)13-16)14-36(33,34)28-18(21(31)32)12-15-5-7-17(8-6-15)35-11-3-4-20(30)27-22(25)26/h5-8,16,18,28H,3-4,9-14H2,1-2H3,(H,31,32)(H4,25,26,27,30). The van der Waals surface area contributed by atoms with Gasteiger partial charge in [-0.2, -0.15) is 4.99 Å². The van der Waals surface area contributed by atoms with Crippen LogP contribution in [0.2, 0.25) is 0 Å². The van der Waals surface area contributed by atoms with Gasteiger partial charge in [0.25, 0.3) is 0 Å². The topological polar surface area (TPSA) is 191 Å². The largest absolute Gasteiger partial charge is 0.494 e. The number of nitrogens with two attached hydrogens (primary N) is 2. The SMILES string of the molecule is CC1(C)C2CCC1(CS(=O)(=O)NC(Cc1ccc(OCCCC(=O)N=C(N)N)cc1)C(=O)O)C(=O)C2. The molecule has 2 saturated carbocycles. The number of guanidine groups is 1. The number of sulfonamides is 1. The van der Waals surface area contributed by atoms with Crippen molar-refractivity contribution in [2.75, 3.05) is 12.4 Å². The summed E-state index contributed by atoms with van der Waals surface area (Å²) in [6.07, 6.45) is 2.15. The predicted octanol–water partition coefficient (Wildman–Crippen LogP) is 0.956. The van der Waals surface area contributed by atoms with E-state index in [9.17, 15) is 27.9 Å². The number of carboxylic acid groups (broad SMARTS) is 1. The van der Waals surface area contributed by atoms with Crippen LogP contribution in [0.5, 0.6) is 5.75 Å². The highest BCUT2D eigenvalue weighted by atomic mass is 32.2. The van der Waals surface area contributed by atoms with Gasteiger partial charge in [0.2, 0.25) is 15.9 Å². The highest BCUT2D eigenvalue weighted by molar-refractivity contribution is 7.89. The molecule has 0 aromatic heterocycles. The molecule has 0 aliphatic heterocycles. The van der Waals surface area contributed by atoms with Gasteiger partial charge in [0, 0.05) is 18.3 Å². The second-order valence-corrected chi connectivity index (χ2v) is 11.9. The molecule has 3 atom stereocenters. The van der Waals surface area contributed by atoms with Gasteiger partial charge in [-0.3, -0.25) is 14.4 Å². The molecule has 1 aromatic rings. The van der Waals surface area contributed by atoms with Crippen molar-refractivity contribution < 1.29 is 32.6 Å². The van der Waals surface area contributed by atoms with E-state index in [0.29, 0.717) is 30.6 Å². The number of nitrogens with one attached hydrogen (secondary N) is 1. The summed E-state index contributed by atoms with van der Waals surface area (Å²) < 4.78 is 33.9. The molecule has 2 bridgehead atoms. The second kappa shape index (κ2) is 10.6. The van der Waals surface area contributed by atoms with E-state index in [2.05, 4.69) is 9.71 Å². The Morgan fingerprint density at radius 1 is 1.25 bits per heavy atom. The number of carbonyl (C=O) groups excluding carboxylic acids is 2. The minimum absolute atomic E-state index is 0.0443. The Kier molecular flexibility index (Phi) is 8.09. The molecule has 3 rings (SSSR count). The molecule has 12 heteroatoms. The van der Waals surface area contributed by atoms with Crippen LogP contribution in [-0.4, -0.2) is 55.5 Å². The molecule has 0 saturated heterocycles. The minimum Gasteiger partial charge on any atom is -0.494 e. The number of fused-ring (bicyclic) bond motifs is 2. The maximum absolute atomic E-state index is 13.0. The van der Waals surface area contributed by atoms with Crippen LogP contribution in [0.4, 0.5) is 0 Å². The van der Waals surface area contributed by atoms with Crippen LogP contribution in [-0.2, 0) is 30.8 Å². The fraction of sp³-hybridized carbons (Fsp3) is 0.583. The van der Waals surface area contributed by atoms with Crippen LogP contribution in [0.15, 0.2) is 29.3 Å². The first kappa shape index (κ1) is 27.6. The lowest BCUT2D eigenvalue weighted by molar-refractivity contribution is -0.139. The van der Waals surface area contributed by atoms with E-state index in [1.165, 1.54) is 0 Å². The number of ketones is 1. The summed E-state index contributed by atoms with van der Waals surface area (Å²) in [5.41, 5.74) is 9.47. The third kappa shape index (κ3) is 6.04. The maximum atomic E-state index is 13.0. The number of hydrogen-bond acceptors (Lipinski definition) is 6. The Hall–Kier alpha value is -2.99. The van der Waals surface area contributed by atoms with Crippen molar-refractivity contribution in [1.29, 1.82) is 0 Å². The molecule has 2 aliphatic rings. The number of carbonyl (C=O) groups is 3. The monoisotopic (exact) mass is 522 g/mol. The van der Waals surface area contributed by atoms with E-state index >= 15 is 0 Å². The molecule has 11 nitrogen and oxygen atoms in total. The molecule has 1 aromatic carbocycles. The van der Waals surface area contributed by atoms with Gasteiger partial charge in [0.1, 0.15) is 17.6 Å². The average Bonchev–Trinajstić information content (AvgIpc) is 3.10. The first-order chi connectivity index (χ1) is 16.8. The summed E-state index contributed by atoms with van der Waals surface area (Å²) in [5, 5.41) is 9.67. The second-order valence-electron chi connectivity index (χ2n) is 10.2.